The van der Waals surface area contributed by atoms with E-state index in [4.69, 9.17) is 4.74 Å². The van der Waals surface area contributed by atoms with E-state index in [-0.39, 0.29) is 5.54 Å². The molecule has 2 rings (SSSR count). The van der Waals surface area contributed by atoms with Gasteiger partial charge in [0.25, 0.3) is 0 Å². The van der Waals surface area contributed by atoms with Crippen molar-refractivity contribution in [2.45, 2.75) is 52.3 Å². The van der Waals surface area contributed by atoms with E-state index in [1.807, 2.05) is 13.3 Å². The van der Waals surface area contributed by atoms with Crippen LogP contribution in [0, 0.1) is 5.92 Å². The fraction of sp³-hybridized carbons (Fsp3) is 0.706. The average Bonchev–Trinajstić information content (AvgIpc) is 2.45. The smallest absolute Gasteiger partial charge is 0.128 e. The van der Waals surface area contributed by atoms with Crippen LogP contribution < -0.4 is 10.2 Å². The summed E-state index contributed by atoms with van der Waals surface area (Å²) in [5.41, 5.74) is 1.41. The van der Waals surface area contributed by atoms with Crippen molar-refractivity contribution in [1.29, 1.82) is 0 Å². The van der Waals surface area contributed by atoms with Gasteiger partial charge in [0.15, 0.2) is 0 Å². The lowest BCUT2D eigenvalue weighted by Gasteiger charge is -2.37. The topological polar surface area (TPSA) is 37.4 Å². The Morgan fingerprint density at radius 2 is 2.19 bits per heavy atom. The first-order valence-electron chi connectivity index (χ1n) is 7.87. The highest BCUT2D eigenvalue weighted by atomic mass is 16.5. The van der Waals surface area contributed by atoms with Crippen molar-refractivity contribution in [2.75, 3.05) is 25.1 Å². The Balaban J connectivity index is 2.03. The van der Waals surface area contributed by atoms with Crippen LogP contribution in [0.1, 0.15) is 39.7 Å². The molecule has 1 aromatic heterocycles. The SMILES string of the molecule is COC1CN(c2cc(CNC(C)(C)C)ccn2)CCC1C. The molecule has 1 aliphatic heterocycles. The first kappa shape index (κ1) is 16.2. The average molecular weight is 291 g/mol. The number of ether oxygens (including phenoxy) is 1. The van der Waals surface area contributed by atoms with Crippen LogP contribution in [0.4, 0.5) is 5.82 Å². The zero-order valence-corrected chi connectivity index (χ0v) is 14.0. The molecule has 1 fully saturated rings. The summed E-state index contributed by atoms with van der Waals surface area (Å²) in [5.74, 6) is 1.69. The first-order chi connectivity index (χ1) is 9.89. The van der Waals surface area contributed by atoms with E-state index in [2.05, 4.69) is 55.0 Å². The van der Waals surface area contributed by atoms with Crippen molar-refractivity contribution >= 4 is 5.82 Å². The fourth-order valence-corrected chi connectivity index (χ4v) is 2.66. The molecule has 21 heavy (non-hydrogen) atoms. The summed E-state index contributed by atoms with van der Waals surface area (Å²) in [6.07, 6.45) is 3.37. The quantitative estimate of drug-likeness (QED) is 0.925. The van der Waals surface area contributed by atoms with Crippen molar-refractivity contribution < 1.29 is 4.74 Å². The summed E-state index contributed by atoms with van der Waals surface area (Å²) in [4.78, 5) is 6.89. The van der Waals surface area contributed by atoms with Crippen LogP contribution in [0.3, 0.4) is 0 Å². The summed E-state index contributed by atoms with van der Waals surface area (Å²) in [7, 11) is 1.81. The van der Waals surface area contributed by atoms with Gasteiger partial charge in [-0.3, -0.25) is 0 Å². The van der Waals surface area contributed by atoms with Crippen molar-refractivity contribution in [1.82, 2.24) is 10.3 Å². The number of hydrogen-bond donors (Lipinski definition) is 1. The molecule has 118 valence electrons. The van der Waals surface area contributed by atoms with Gasteiger partial charge in [-0.15, -0.1) is 0 Å². The van der Waals surface area contributed by atoms with Gasteiger partial charge in [-0.2, -0.15) is 0 Å². The molecule has 0 saturated carbocycles. The van der Waals surface area contributed by atoms with Gasteiger partial charge in [-0.1, -0.05) is 6.92 Å². The van der Waals surface area contributed by atoms with E-state index in [0.29, 0.717) is 12.0 Å². The highest BCUT2D eigenvalue weighted by Gasteiger charge is 2.26. The molecule has 2 unspecified atom stereocenters. The number of nitrogens with zero attached hydrogens (tertiary/aromatic N) is 2. The normalized spacial score (nSPS) is 23.4. The van der Waals surface area contributed by atoms with Gasteiger partial charge in [0.05, 0.1) is 6.10 Å². The zero-order valence-electron chi connectivity index (χ0n) is 14.0. The number of methoxy groups -OCH3 is 1. The minimum absolute atomic E-state index is 0.130. The third kappa shape index (κ3) is 4.68. The molecule has 2 heterocycles. The molecule has 4 heteroatoms. The van der Waals surface area contributed by atoms with Crippen molar-refractivity contribution in [3.8, 4) is 0 Å². The summed E-state index contributed by atoms with van der Waals surface area (Å²) >= 11 is 0. The van der Waals surface area contributed by atoms with E-state index in [0.717, 1.165) is 31.9 Å². The van der Waals surface area contributed by atoms with Crippen molar-refractivity contribution in [3.05, 3.63) is 23.9 Å². The Labute approximate surface area is 128 Å². The molecule has 0 amide bonds. The van der Waals surface area contributed by atoms with Crippen LogP contribution in [0.5, 0.6) is 0 Å². The van der Waals surface area contributed by atoms with Crippen LogP contribution in [-0.4, -0.2) is 36.8 Å². The minimum atomic E-state index is 0.130. The first-order valence-corrected chi connectivity index (χ1v) is 7.87. The predicted octanol–water partition coefficient (Wildman–Crippen LogP) is 2.83. The number of pyridine rings is 1. The van der Waals surface area contributed by atoms with Gasteiger partial charge >= 0.3 is 0 Å². The number of piperidine rings is 1. The van der Waals surface area contributed by atoms with Gasteiger partial charge in [0.1, 0.15) is 5.82 Å². The molecule has 4 nitrogen and oxygen atoms in total. The van der Waals surface area contributed by atoms with Crippen LogP contribution in [0.2, 0.25) is 0 Å². The number of anilines is 1. The predicted molar refractivity (Wildman–Crippen MR) is 87.6 cm³/mol. The number of hydrogen-bond acceptors (Lipinski definition) is 4. The molecule has 0 bridgehead atoms. The largest absolute Gasteiger partial charge is 0.379 e. The Bertz CT molecular complexity index is 456. The third-order valence-electron chi connectivity index (χ3n) is 4.15. The summed E-state index contributed by atoms with van der Waals surface area (Å²) in [6, 6.07) is 4.28. The van der Waals surface area contributed by atoms with Gasteiger partial charge in [0.2, 0.25) is 0 Å². The van der Waals surface area contributed by atoms with E-state index in [1.165, 1.54) is 5.56 Å². The number of rotatable bonds is 4. The Kier molecular flexibility index (Phi) is 5.22. The second kappa shape index (κ2) is 6.75. The maximum Gasteiger partial charge on any atom is 0.128 e. The third-order valence-corrected chi connectivity index (χ3v) is 4.15. The van der Waals surface area contributed by atoms with Crippen LogP contribution >= 0.6 is 0 Å². The lowest BCUT2D eigenvalue weighted by Crippen LogP contribution is -2.44. The van der Waals surface area contributed by atoms with Crippen LogP contribution in [0.15, 0.2) is 18.3 Å². The standard InChI is InChI=1S/C17H29N3O/c1-13-7-9-20(12-15(13)21-5)16-10-14(6-8-18-16)11-19-17(2,3)4/h6,8,10,13,15,19H,7,9,11-12H2,1-5H3. The molecular weight excluding hydrogens is 262 g/mol. The highest BCUT2D eigenvalue weighted by molar-refractivity contribution is 5.41. The molecule has 2 atom stereocenters. The Morgan fingerprint density at radius 1 is 1.43 bits per heavy atom. The second-order valence-corrected chi connectivity index (χ2v) is 7.11. The Hall–Kier alpha value is -1.13. The summed E-state index contributed by atoms with van der Waals surface area (Å²) in [5, 5.41) is 3.52. The molecule has 0 radical (unpaired) electrons. The van der Waals surface area contributed by atoms with Crippen molar-refractivity contribution in [3.63, 3.8) is 0 Å². The molecular formula is C17H29N3O. The molecule has 1 N–H and O–H groups in total. The molecule has 0 aromatic carbocycles. The number of aromatic nitrogens is 1. The molecule has 1 aliphatic rings. The van der Waals surface area contributed by atoms with Gasteiger partial charge in [-0.05, 0) is 50.8 Å². The number of nitrogens with one attached hydrogen (secondary N) is 1. The lowest BCUT2D eigenvalue weighted by molar-refractivity contribution is 0.0496. The van der Waals surface area contributed by atoms with Crippen LogP contribution in [0.25, 0.3) is 0 Å². The second-order valence-electron chi connectivity index (χ2n) is 7.11. The van der Waals surface area contributed by atoms with E-state index in [9.17, 15) is 0 Å². The van der Waals surface area contributed by atoms with E-state index >= 15 is 0 Å². The molecule has 1 saturated heterocycles. The summed E-state index contributed by atoms with van der Waals surface area (Å²) in [6.45, 7) is 11.7. The van der Waals surface area contributed by atoms with Gasteiger partial charge in [0, 0.05) is 38.5 Å². The zero-order chi connectivity index (χ0) is 15.5. The van der Waals surface area contributed by atoms with Crippen molar-refractivity contribution in [2.24, 2.45) is 5.92 Å². The maximum absolute atomic E-state index is 5.60. The van der Waals surface area contributed by atoms with E-state index < -0.39 is 0 Å². The molecule has 0 spiro atoms. The van der Waals surface area contributed by atoms with Gasteiger partial charge < -0.3 is 15.0 Å². The monoisotopic (exact) mass is 291 g/mol. The molecule has 1 aromatic rings. The Morgan fingerprint density at radius 3 is 2.86 bits per heavy atom. The lowest BCUT2D eigenvalue weighted by atomic mass is 9.96. The maximum atomic E-state index is 5.60. The minimum Gasteiger partial charge on any atom is -0.379 e. The summed E-state index contributed by atoms with van der Waals surface area (Å²) < 4.78 is 5.60. The van der Waals surface area contributed by atoms with E-state index in [1.54, 1.807) is 0 Å². The highest BCUT2D eigenvalue weighted by Crippen LogP contribution is 2.24. The fourth-order valence-electron chi connectivity index (χ4n) is 2.66. The molecule has 0 aliphatic carbocycles. The van der Waals surface area contributed by atoms with Crippen LogP contribution in [-0.2, 0) is 11.3 Å². The van der Waals surface area contributed by atoms with Gasteiger partial charge in [-0.25, -0.2) is 4.98 Å².